The summed E-state index contributed by atoms with van der Waals surface area (Å²) in [7, 11) is 0. The monoisotopic (exact) mass is 585 g/mol. The number of rotatable bonds is 9. The van der Waals surface area contributed by atoms with Crippen LogP contribution in [0, 0.1) is 11.8 Å². The number of benzene rings is 1. The minimum Gasteiger partial charge on any atom is -0.446 e. The molecule has 3 aromatic rings. The zero-order chi connectivity index (χ0) is 29.6. The van der Waals surface area contributed by atoms with Crippen LogP contribution in [-0.4, -0.2) is 39.6 Å². The van der Waals surface area contributed by atoms with Crippen LogP contribution in [0.3, 0.4) is 0 Å². The smallest absolute Gasteiger partial charge is 0.407 e. The number of anilines is 5. The summed E-state index contributed by atoms with van der Waals surface area (Å²) in [6.07, 6.45) is 13.3. The molecule has 216 valence electrons. The van der Waals surface area contributed by atoms with Gasteiger partial charge in [0.1, 0.15) is 16.8 Å². The van der Waals surface area contributed by atoms with Crippen LogP contribution in [0.4, 0.5) is 33.6 Å². The highest BCUT2D eigenvalue weighted by Crippen LogP contribution is 2.29. The number of alkyl carbamates (subject to hydrolysis) is 1. The fourth-order valence-corrected chi connectivity index (χ4v) is 4.19. The maximum atomic E-state index is 12.1. The van der Waals surface area contributed by atoms with Gasteiger partial charge < -0.3 is 26.0 Å². The van der Waals surface area contributed by atoms with Crippen molar-refractivity contribution >= 4 is 52.4 Å². The maximum absolute atomic E-state index is 12.1. The zero-order valence-corrected chi connectivity index (χ0v) is 23.8. The van der Waals surface area contributed by atoms with E-state index in [1.165, 1.54) is 12.3 Å². The van der Waals surface area contributed by atoms with Gasteiger partial charge in [0.05, 0.1) is 17.6 Å². The van der Waals surface area contributed by atoms with Crippen LogP contribution in [0.1, 0.15) is 44.2 Å². The molecule has 0 saturated carbocycles. The van der Waals surface area contributed by atoms with E-state index < -0.39 is 6.09 Å². The van der Waals surface area contributed by atoms with Gasteiger partial charge in [0.15, 0.2) is 5.82 Å². The highest BCUT2D eigenvalue weighted by Gasteiger charge is 2.14. The Morgan fingerprint density at radius 1 is 1.10 bits per heavy atom. The van der Waals surface area contributed by atoms with Crippen LogP contribution in [0.25, 0.3) is 0 Å². The van der Waals surface area contributed by atoms with Crippen molar-refractivity contribution in [1.29, 1.82) is 0 Å². The van der Waals surface area contributed by atoms with Gasteiger partial charge in [0.25, 0.3) is 0 Å². The van der Waals surface area contributed by atoms with Gasteiger partial charge >= 0.3 is 6.09 Å². The predicted octanol–water partition coefficient (Wildman–Crippen LogP) is 6.49. The zero-order valence-electron chi connectivity index (χ0n) is 23.0. The van der Waals surface area contributed by atoms with Crippen molar-refractivity contribution in [2.75, 3.05) is 22.5 Å². The molecular weight excluding hydrogens is 554 g/mol. The van der Waals surface area contributed by atoms with Crippen molar-refractivity contribution in [3.8, 4) is 11.8 Å². The number of hydrogen-bond acceptors (Lipinski definition) is 8. The molecule has 0 unspecified atom stereocenters. The molecule has 1 aromatic carbocycles. The number of halogens is 1. The van der Waals surface area contributed by atoms with Crippen molar-refractivity contribution < 1.29 is 14.3 Å². The van der Waals surface area contributed by atoms with Gasteiger partial charge in [-0.05, 0) is 68.4 Å². The molecule has 0 radical (unpaired) electrons. The largest absolute Gasteiger partial charge is 0.446 e. The van der Waals surface area contributed by atoms with E-state index >= 15 is 0 Å². The lowest BCUT2D eigenvalue weighted by atomic mass is 10.0. The molecule has 11 heteroatoms. The lowest BCUT2D eigenvalue weighted by molar-refractivity contribution is -0.111. The van der Waals surface area contributed by atoms with Crippen molar-refractivity contribution in [2.24, 2.45) is 0 Å². The average Bonchev–Trinajstić information content (AvgIpc) is 2.97. The van der Waals surface area contributed by atoms with E-state index in [9.17, 15) is 9.59 Å². The van der Waals surface area contributed by atoms with E-state index in [0.29, 0.717) is 52.5 Å². The lowest BCUT2D eigenvalue weighted by Crippen LogP contribution is -2.29. The molecule has 2 aromatic heterocycles. The van der Waals surface area contributed by atoms with Crippen LogP contribution >= 0.6 is 11.6 Å². The number of nitrogens with one attached hydrogen (secondary N) is 4. The summed E-state index contributed by atoms with van der Waals surface area (Å²) in [6.45, 7) is 3.86. The van der Waals surface area contributed by atoms with Gasteiger partial charge in [-0.2, -0.15) is 4.98 Å². The Hall–Kier alpha value is -4.88. The number of carbonyl (C=O) groups excluding carboxylic acids is 2. The average molecular weight is 586 g/mol. The van der Waals surface area contributed by atoms with E-state index in [0.717, 1.165) is 32.1 Å². The molecule has 1 atom stereocenters. The van der Waals surface area contributed by atoms with Crippen molar-refractivity contribution in [3.63, 3.8) is 0 Å². The maximum Gasteiger partial charge on any atom is 0.407 e. The number of para-hydroxylation sites is 2. The Bertz CT molecular complexity index is 1500. The normalized spacial score (nSPS) is 14.3. The van der Waals surface area contributed by atoms with Crippen LogP contribution < -0.4 is 21.3 Å². The number of amides is 2. The van der Waals surface area contributed by atoms with Gasteiger partial charge in [-0.1, -0.05) is 48.4 Å². The second-order valence-corrected chi connectivity index (χ2v) is 9.70. The number of pyridine rings is 1. The fraction of sp³-hybridized carbons (Fsp3) is 0.258. The van der Waals surface area contributed by atoms with Crippen LogP contribution in [-0.2, 0) is 9.53 Å². The number of carbonyl (C=O) groups is 2. The predicted molar refractivity (Wildman–Crippen MR) is 165 cm³/mol. The SMILES string of the molecule is C=CC(=O)Nc1ccccc1Nc1nc(Nc2ccnc(C#CCCNC(=O)O[C@H]3CCC=CCCC3)c2)ncc1Cl. The molecule has 42 heavy (non-hydrogen) atoms. The topological polar surface area (TPSA) is 130 Å². The van der Waals surface area contributed by atoms with Gasteiger partial charge in [-0.15, -0.1) is 0 Å². The Labute approximate surface area is 250 Å². The summed E-state index contributed by atoms with van der Waals surface area (Å²) in [5.41, 5.74) is 2.37. The molecule has 0 bridgehead atoms. The highest BCUT2D eigenvalue weighted by atomic mass is 35.5. The number of ether oxygens (including phenoxy) is 1. The van der Waals surface area contributed by atoms with E-state index in [2.05, 4.69) is 66.8 Å². The lowest BCUT2D eigenvalue weighted by Gasteiger charge is -2.18. The Morgan fingerprint density at radius 2 is 1.93 bits per heavy atom. The molecule has 1 aliphatic carbocycles. The summed E-state index contributed by atoms with van der Waals surface area (Å²) in [6, 6.07) is 10.7. The van der Waals surface area contributed by atoms with Gasteiger partial charge in [0.2, 0.25) is 11.9 Å². The van der Waals surface area contributed by atoms with Crippen molar-refractivity contribution in [3.05, 3.63) is 84.3 Å². The summed E-state index contributed by atoms with van der Waals surface area (Å²) < 4.78 is 5.54. The second kappa shape index (κ2) is 15.8. The molecule has 0 fully saturated rings. The molecule has 4 rings (SSSR count). The summed E-state index contributed by atoms with van der Waals surface area (Å²) in [5.74, 6) is 6.33. The van der Waals surface area contributed by atoms with Gasteiger partial charge in [-0.25, -0.2) is 14.8 Å². The van der Waals surface area contributed by atoms with Gasteiger partial charge in [0, 0.05) is 24.8 Å². The molecule has 10 nitrogen and oxygen atoms in total. The van der Waals surface area contributed by atoms with E-state index in [4.69, 9.17) is 16.3 Å². The number of allylic oxidation sites excluding steroid dienone is 2. The molecule has 0 aliphatic heterocycles. The van der Waals surface area contributed by atoms with Crippen LogP contribution in [0.2, 0.25) is 5.02 Å². The first kappa shape index (κ1) is 30.1. The van der Waals surface area contributed by atoms with Crippen LogP contribution in [0.5, 0.6) is 0 Å². The molecule has 2 amide bonds. The van der Waals surface area contributed by atoms with Crippen LogP contribution in [0.15, 0.2) is 73.6 Å². The van der Waals surface area contributed by atoms with E-state index in [1.807, 2.05) is 6.07 Å². The Balaban J connectivity index is 1.31. The summed E-state index contributed by atoms with van der Waals surface area (Å²) >= 11 is 6.34. The first-order chi connectivity index (χ1) is 20.5. The third kappa shape index (κ3) is 9.64. The molecule has 4 N–H and O–H groups in total. The molecule has 2 heterocycles. The van der Waals surface area contributed by atoms with E-state index in [1.54, 1.807) is 36.5 Å². The number of hydrogen-bond donors (Lipinski definition) is 4. The van der Waals surface area contributed by atoms with Crippen molar-refractivity contribution in [1.82, 2.24) is 20.3 Å². The standard InChI is InChI=1S/C31H32ClN7O3/c1-2-28(40)37-26-15-8-9-16-27(26)38-29-25(32)21-35-30(39-29)36-23-17-19-33-22(20-23)12-10-11-18-34-31(41)42-24-13-6-4-3-5-7-14-24/h2-4,8-9,15-17,19-21,24H,1,5-7,11,13-14,18H2,(H,34,41)(H,37,40)(H2,33,35,36,38,39)/t24-/m0/s1. The quantitative estimate of drug-likeness (QED) is 0.0969. The number of aromatic nitrogens is 3. The van der Waals surface area contributed by atoms with Gasteiger partial charge in [-0.3, -0.25) is 4.79 Å². The molecule has 0 saturated heterocycles. The first-order valence-corrected chi connectivity index (χ1v) is 14.0. The Morgan fingerprint density at radius 3 is 2.79 bits per heavy atom. The minimum atomic E-state index is -0.405. The second-order valence-electron chi connectivity index (χ2n) is 9.29. The summed E-state index contributed by atoms with van der Waals surface area (Å²) in [4.78, 5) is 36.9. The molecule has 1 aliphatic rings. The molecular formula is C31H32ClN7O3. The Kier molecular flexibility index (Phi) is 11.3. The van der Waals surface area contributed by atoms with Crippen molar-refractivity contribution in [2.45, 2.75) is 44.6 Å². The third-order valence-electron chi connectivity index (χ3n) is 6.11. The third-order valence-corrected chi connectivity index (χ3v) is 6.39. The first-order valence-electron chi connectivity index (χ1n) is 13.6. The fourth-order valence-electron chi connectivity index (χ4n) is 4.05. The summed E-state index contributed by atoms with van der Waals surface area (Å²) in [5, 5.41) is 12.1. The number of nitrogens with zero attached hydrogens (tertiary/aromatic N) is 3. The van der Waals surface area contributed by atoms with E-state index in [-0.39, 0.29) is 12.0 Å². The minimum absolute atomic E-state index is 0.0437. The molecule has 0 spiro atoms. The highest BCUT2D eigenvalue weighted by molar-refractivity contribution is 6.33.